The van der Waals surface area contributed by atoms with Gasteiger partial charge in [-0.15, -0.1) is 22.7 Å². The predicted molar refractivity (Wildman–Crippen MR) is 140 cm³/mol. The van der Waals surface area contributed by atoms with Crippen LogP contribution in [-0.2, 0) is 0 Å². The molecule has 1 aliphatic carbocycles. The summed E-state index contributed by atoms with van der Waals surface area (Å²) in [6, 6.07) is 5.92. The van der Waals surface area contributed by atoms with Crippen LogP contribution in [0.2, 0.25) is 0 Å². The normalized spacial score (nSPS) is 17.3. The van der Waals surface area contributed by atoms with E-state index in [0.29, 0.717) is 20.9 Å². The van der Waals surface area contributed by atoms with E-state index >= 15 is 17.6 Å². The second-order valence-electron chi connectivity index (χ2n) is 8.16. The van der Waals surface area contributed by atoms with Crippen LogP contribution in [-0.4, -0.2) is 17.8 Å². The molecule has 10 heteroatoms. The second kappa shape index (κ2) is 9.21. The molecule has 0 amide bonds. The van der Waals surface area contributed by atoms with Crippen molar-refractivity contribution in [2.24, 2.45) is 0 Å². The molecule has 0 nitrogen and oxygen atoms in total. The third-order valence-electron chi connectivity index (χ3n) is 5.74. The quantitative estimate of drug-likeness (QED) is 0.164. The van der Waals surface area contributed by atoms with E-state index in [1.54, 1.807) is 22.9 Å². The van der Waals surface area contributed by atoms with E-state index in [4.69, 9.17) is 0 Å². The van der Waals surface area contributed by atoms with Gasteiger partial charge < -0.3 is 0 Å². The lowest BCUT2D eigenvalue weighted by Gasteiger charge is -2.25. The molecule has 0 atom stereocenters. The topological polar surface area (TPSA) is 0 Å². The number of hydrogen-bond acceptors (Lipinski definition) is 4. The van der Waals surface area contributed by atoms with Crippen molar-refractivity contribution in [3.8, 4) is 23.7 Å². The number of rotatable bonds is 2. The number of halogens is 6. The Morgan fingerprint density at radius 3 is 1.38 bits per heavy atom. The first-order chi connectivity index (χ1) is 17.4. The van der Waals surface area contributed by atoms with Crippen LogP contribution in [0.15, 0.2) is 45.8 Å². The molecule has 0 saturated heterocycles. The Kier molecular flexibility index (Phi) is 6.44. The van der Waals surface area contributed by atoms with E-state index in [1.165, 1.54) is 48.7 Å². The number of alkyl halides is 6. The van der Waals surface area contributed by atoms with E-state index in [-0.39, 0.29) is 20.9 Å². The van der Waals surface area contributed by atoms with Crippen molar-refractivity contribution in [1.29, 1.82) is 0 Å². The fraction of sp³-hybridized carbons (Fsp3) is 0.185. The number of thiophene rings is 4. The van der Waals surface area contributed by atoms with Gasteiger partial charge in [0.05, 0.1) is 9.75 Å². The van der Waals surface area contributed by atoms with Crippen LogP contribution in [0, 0.1) is 37.5 Å². The van der Waals surface area contributed by atoms with Crippen LogP contribution < -0.4 is 0 Å². The standard InChI is InChI=1S/C27H14F6S4/c1-15-21(11-19(36-15)5-3-17-7-9-34-13-17)23-24(26(30,31)27(32,33)25(23,28)29)22-12-20(37-16(22)2)6-4-18-8-10-35-14-18/h7-14H,1-2H3. The summed E-state index contributed by atoms with van der Waals surface area (Å²) in [5, 5.41) is 7.22. The maximum absolute atomic E-state index is 15.2. The molecule has 4 aromatic heterocycles. The van der Waals surface area contributed by atoms with Gasteiger partial charge in [0.15, 0.2) is 0 Å². The zero-order chi connectivity index (χ0) is 26.6. The van der Waals surface area contributed by atoms with Crippen LogP contribution in [0.4, 0.5) is 26.3 Å². The van der Waals surface area contributed by atoms with Crippen LogP contribution in [0.25, 0.3) is 11.1 Å². The molecule has 4 heterocycles. The monoisotopic (exact) mass is 580 g/mol. The summed E-state index contributed by atoms with van der Waals surface area (Å²) >= 11 is 4.83. The molecule has 0 unspecified atom stereocenters. The average molecular weight is 581 g/mol. The minimum Gasteiger partial charge on any atom is -0.194 e. The molecular formula is C27H14F6S4. The summed E-state index contributed by atoms with van der Waals surface area (Å²) < 4.78 is 90.4. The number of allylic oxidation sites excluding steroid dienone is 2. The smallest absolute Gasteiger partial charge is 0.194 e. The Balaban J connectivity index is 1.69. The van der Waals surface area contributed by atoms with Gasteiger partial charge in [0, 0.05) is 42.8 Å². The van der Waals surface area contributed by atoms with E-state index in [1.807, 2.05) is 10.8 Å². The van der Waals surface area contributed by atoms with Crippen molar-refractivity contribution in [3.05, 3.63) is 87.5 Å². The SMILES string of the molecule is Cc1sc(C#Cc2ccsc2)cc1C1=C(c2cc(C#Cc3ccsc3)sc2C)C(F)(F)C(F)(F)C1(F)F. The van der Waals surface area contributed by atoms with Crippen molar-refractivity contribution in [3.63, 3.8) is 0 Å². The zero-order valence-corrected chi connectivity index (χ0v) is 22.3. The molecule has 0 saturated carbocycles. The van der Waals surface area contributed by atoms with Gasteiger partial charge in [-0.05, 0) is 60.0 Å². The fourth-order valence-corrected chi connectivity index (χ4v) is 6.89. The van der Waals surface area contributed by atoms with Crippen LogP contribution in [0.5, 0.6) is 0 Å². The van der Waals surface area contributed by atoms with Crippen LogP contribution in [0.1, 0.15) is 41.8 Å². The van der Waals surface area contributed by atoms with Crippen molar-refractivity contribution >= 4 is 56.5 Å². The molecule has 0 fully saturated rings. The lowest BCUT2D eigenvalue weighted by atomic mass is 9.95. The summed E-state index contributed by atoms with van der Waals surface area (Å²) in [6.45, 7) is 2.87. The van der Waals surface area contributed by atoms with E-state index in [2.05, 4.69) is 23.7 Å². The predicted octanol–water partition coefficient (Wildman–Crippen LogP) is 9.18. The summed E-state index contributed by atoms with van der Waals surface area (Å²) in [6.07, 6.45) is 0. The minimum atomic E-state index is -5.61. The summed E-state index contributed by atoms with van der Waals surface area (Å²) in [7, 11) is 0. The third kappa shape index (κ3) is 4.26. The summed E-state index contributed by atoms with van der Waals surface area (Å²) in [4.78, 5) is 1.01. The van der Waals surface area contributed by atoms with Crippen LogP contribution >= 0.6 is 45.3 Å². The molecule has 0 radical (unpaired) electrons. The van der Waals surface area contributed by atoms with Gasteiger partial charge in [0.25, 0.3) is 0 Å². The van der Waals surface area contributed by atoms with E-state index in [0.717, 1.165) is 22.7 Å². The van der Waals surface area contributed by atoms with Gasteiger partial charge >= 0.3 is 17.8 Å². The van der Waals surface area contributed by atoms with Gasteiger partial charge in [-0.3, -0.25) is 0 Å². The highest BCUT2D eigenvalue weighted by atomic mass is 32.1. The van der Waals surface area contributed by atoms with Crippen molar-refractivity contribution in [1.82, 2.24) is 0 Å². The molecule has 0 aromatic carbocycles. The van der Waals surface area contributed by atoms with Gasteiger partial charge in [-0.25, -0.2) is 0 Å². The first-order valence-electron chi connectivity index (χ1n) is 10.6. The Labute approximate surface area is 224 Å². The zero-order valence-electron chi connectivity index (χ0n) is 19.0. The molecule has 4 aromatic rings. The Morgan fingerprint density at radius 2 is 1.03 bits per heavy atom. The molecule has 1 aliphatic rings. The molecule has 0 aliphatic heterocycles. The van der Waals surface area contributed by atoms with Crippen LogP contribution in [0.3, 0.4) is 0 Å². The van der Waals surface area contributed by atoms with Gasteiger partial charge in [-0.1, -0.05) is 23.7 Å². The molecular weight excluding hydrogens is 567 g/mol. The van der Waals surface area contributed by atoms with E-state index in [9.17, 15) is 8.78 Å². The summed E-state index contributed by atoms with van der Waals surface area (Å²) in [5.74, 6) is -4.46. The van der Waals surface area contributed by atoms with Crippen molar-refractivity contribution < 1.29 is 26.3 Å². The summed E-state index contributed by atoms with van der Waals surface area (Å²) in [5.41, 5.74) is -2.03. The van der Waals surface area contributed by atoms with Gasteiger partial charge in [0.1, 0.15) is 0 Å². The highest BCUT2D eigenvalue weighted by Crippen LogP contribution is 2.65. The first kappa shape index (κ1) is 25.9. The minimum absolute atomic E-state index is 0.195. The van der Waals surface area contributed by atoms with Crippen molar-refractivity contribution in [2.75, 3.05) is 0 Å². The lowest BCUT2D eigenvalue weighted by Crippen LogP contribution is -2.48. The van der Waals surface area contributed by atoms with Gasteiger partial charge in [-0.2, -0.15) is 49.0 Å². The first-order valence-corrected chi connectivity index (χ1v) is 14.1. The van der Waals surface area contributed by atoms with E-state index < -0.39 is 28.9 Å². The Bertz CT molecular complexity index is 1510. The molecule has 0 spiro atoms. The maximum Gasteiger partial charge on any atom is 0.380 e. The highest BCUT2D eigenvalue weighted by Gasteiger charge is 2.80. The Morgan fingerprint density at radius 1 is 0.622 bits per heavy atom. The maximum atomic E-state index is 15.2. The fourth-order valence-electron chi connectivity index (χ4n) is 3.96. The van der Waals surface area contributed by atoms with Crippen molar-refractivity contribution in [2.45, 2.75) is 31.6 Å². The number of aryl methyl sites for hydroxylation is 2. The second-order valence-corrected chi connectivity index (χ2v) is 12.2. The molecule has 5 rings (SSSR count). The van der Waals surface area contributed by atoms with Gasteiger partial charge in [0.2, 0.25) is 0 Å². The third-order valence-corrected chi connectivity index (χ3v) is 9.04. The molecule has 188 valence electrons. The highest BCUT2D eigenvalue weighted by molar-refractivity contribution is 7.13. The Hall–Kier alpha value is -2.76. The number of hydrogen-bond donors (Lipinski definition) is 0. The average Bonchev–Trinajstić information content (AvgIpc) is 3.63. The molecule has 0 bridgehead atoms. The lowest BCUT2D eigenvalue weighted by molar-refractivity contribution is -0.254. The molecule has 0 N–H and O–H groups in total. The largest absolute Gasteiger partial charge is 0.380 e. The molecule has 37 heavy (non-hydrogen) atoms.